The second-order valence-corrected chi connectivity index (χ2v) is 8.87. The first-order valence-electron chi connectivity index (χ1n) is 10.8. The predicted molar refractivity (Wildman–Crippen MR) is 116 cm³/mol. The van der Waals surface area contributed by atoms with Crippen LogP contribution >= 0.6 is 0 Å². The number of rotatable bonds is 16. The molecule has 0 saturated carbocycles. The summed E-state index contributed by atoms with van der Waals surface area (Å²) >= 11 is 1.41. The van der Waals surface area contributed by atoms with Crippen LogP contribution in [-0.2, 0) is 10.4 Å². The maximum atomic E-state index is 8.74. The molecule has 0 amide bonds. The normalized spacial score (nSPS) is 10.3. The van der Waals surface area contributed by atoms with E-state index in [1.165, 1.54) is 141 Å². The van der Waals surface area contributed by atoms with Gasteiger partial charge in [-0.15, -0.1) is 0 Å². The number of unbranched alkanes of at least 4 members (excludes halogenated alkanes) is 15. The molecule has 0 aliphatic rings. The van der Waals surface area contributed by atoms with E-state index in [-0.39, 0.29) is 0 Å². The Kier molecular flexibility index (Phi) is 33.9. The quantitative estimate of drug-likeness (QED) is 0.166. The number of nitriles is 1. The van der Waals surface area contributed by atoms with Gasteiger partial charge < -0.3 is 0 Å². The molecule has 0 aromatic heterocycles. The van der Waals surface area contributed by atoms with Gasteiger partial charge in [0, 0.05) is 6.92 Å². The van der Waals surface area contributed by atoms with Crippen molar-refractivity contribution in [3.8, 4) is 6.07 Å². The van der Waals surface area contributed by atoms with Crippen LogP contribution in [-0.4, -0.2) is 45.5 Å². The second kappa shape index (κ2) is 28.6. The van der Waals surface area contributed by atoms with Crippen LogP contribution < -0.4 is 0 Å². The van der Waals surface area contributed by atoms with Crippen LogP contribution in [0.4, 0.5) is 0 Å². The van der Waals surface area contributed by atoms with E-state index in [4.69, 9.17) is 22.8 Å². The van der Waals surface area contributed by atoms with Crippen LogP contribution in [0.25, 0.3) is 0 Å². The van der Waals surface area contributed by atoms with Gasteiger partial charge in [-0.1, -0.05) is 39.0 Å². The third-order valence-electron chi connectivity index (χ3n) is 4.21. The molecule has 0 rings (SSSR count). The molecule has 27 heavy (non-hydrogen) atoms. The minimum absolute atomic E-state index is 1.38. The van der Waals surface area contributed by atoms with Crippen molar-refractivity contribution in [1.29, 1.82) is 5.26 Å². The maximum Gasteiger partial charge on any atom is 0.394 e. The Morgan fingerprint density at radius 3 is 1.07 bits per heavy atom. The molecule has 2 N–H and O–H groups in total. The van der Waals surface area contributed by atoms with Gasteiger partial charge in [0.25, 0.3) is 0 Å². The van der Waals surface area contributed by atoms with E-state index < -0.39 is 10.4 Å². The molecular weight excluding hydrogens is 373 g/mol. The average Bonchev–Trinajstić information content (AvgIpc) is 2.58. The molecule has 158 valence electrons. The molecule has 0 aromatic rings. The van der Waals surface area contributed by atoms with E-state index in [0.29, 0.717) is 0 Å². The summed E-state index contributed by atoms with van der Waals surface area (Å²) in [5, 5.41) is 7.32. The van der Waals surface area contributed by atoms with Crippen molar-refractivity contribution in [1.82, 2.24) is 0 Å². The molecule has 5 nitrogen and oxygen atoms in total. The van der Waals surface area contributed by atoms with Gasteiger partial charge >= 0.3 is 113 Å². The Balaban J connectivity index is -0.000000604. The maximum absolute atomic E-state index is 8.74. The standard InChI is InChI=1S/C18H37.C2H3N.Na.H2O4S/c1-3-5-7-9-11-13-15-17-18-16-14-12-10-8-6-4-2;1-2-3;;1-5(2,3)4/h1,3-18H2,2H3;1H3;;(H2,1,2,3,4). The van der Waals surface area contributed by atoms with Gasteiger partial charge in [0.15, 0.2) is 0 Å². The first-order chi connectivity index (χ1) is 12.8. The number of hydrogen-bond donors (Lipinski definition) is 2. The molecule has 0 atom stereocenters. The molecule has 0 radical (unpaired) electrons. The van der Waals surface area contributed by atoms with E-state index in [1.54, 1.807) is 6.07 Å². The topological polar surface area (TPSA) is 98.4 Å². The van der Waals surface area contributed by atoms with Gasteiger partial charge in [-0.25, -0.2) is 0 Å². The molecule has 0 unspecified atom stereocenters. The van der Waals surface area contributed by atoms with Crippen molar-refractivity contribution in [3.63, 3.8) is 0 Å². The summed E-state index contributed by atoms with van der Waals surface area (Å²) in [4.78, 5) is 0. The van der Waals surface area contributed by atoms with Crippen LogP contribution in [0.1, 0.15) is 117 Å². The summed E-state index contributed by atoms with van der Waals surface area (Å²) in [5.41, 5.74) is 0. The molecule has 0 bridgehead atoms. The monoisotopic (exact) mass is 415 g/mol. The number of nitrogens with zero attached hydrogens (tertiary/aromatic N) is 1. The van der Waals surface area contributed by atoms with Crippen LogP contribution in [0.2, 0.25) is 3.67 Å². The molecule has 0 aliphatic carbocycles. The Morgan fingerprint density at radius 1 is 0.704 bits per heavy atom. The van der Waals surface area contributed by atoms with E-state index in [2.05, 4.69) is 6.92 Å². The van der Waals surface area contributed by atoms with E-state index in [1.807, 2.05) is 0 Å². The summed E-state index contributed by atoms with van der Waals surface area (Å²) < 4.78 is 33.1. The van der Waals surface area contributed by atoms with Crippen molar-refractivity contribution in [2.45, 2.75) is 120 Å². The first kappa shape index (κ1) is 32.0. The second-order valence-electron chi connectivity index (χ2n) is 6.97. The van der Waals surface area contributed by atoms with Crippen molar-refractivity contribution in [2.75, 3.05) is 0 Å². The fourth-order valence-electron chi connectivity index (χ4n) is 2.80. The molecule has 0 fully saturated rings. The van der Waals surface area contributed by atoms with Crippen molar-refractivity contribution in [2.24, 2.45) is 0 Å². The average molecular weight is 416 g/mol. The van der Waals surface area contributed by atoms with Crippen LogP contribution in [0.15, 0.2) is 0 Å². The van der Waals surface area contributed by atoms with Crippen molar-refractivity contribution >= 4 is 38.3 Å². The minimum Gasteiger partial charge on any atom is -0.264 e. The van der Waals surface area contributed by atoms with Gasteiger partial charge in [0.2, 0.25) is 0 Å². The van der Waals surface area contributed by atoms with E-state index in [9.17, 15) is 0 Å². The van der Waals surface area contributed by atoms with Gasteiger partial charge in [0.1, 0.15) is 0 Å². The van der Waals surface area contributed by atoms with Crippen LogP contribution in [0, 0.1) is 11.3 Å². The summed E-state index contributed by atoms with van der Waals surface area (Å²) in [5.74, 6) is 0. The third kappa shape index (κ3) is 58.4. The van der Waals surface area contributed by atoms with Gasteiger partial charge in [-0.2, -0.15) is 13.7 Å². The van der Waals surface area contributed by atoms with E-state index in [0.717, 1.165) is 0 Å². The molecular formula is C20H42NNaO4S. The van der Waals surface area contributed by atoms with Crippen LogP contribution in [0.3, 0.4) is 0 Å². The predicted octanol–water partition coefficient (Wildman–Crippen LogP) is 6.71. The summed E-state index contributed by atoms with van der Waals surface area (Å²) in [6.07, 6.45) is 23.7. The smallest absolute Gasteiger partial charge is 0.264 e. The molecule has 0 heterocycles. The zero-order chi connectivity index (χ0) is 21.2. The SMILES string of the molecule is CC#N.CCCCCCCCCCCCCCCCC[CH2][Na].O=S(=O)(O)O. The third-order valence-corrected chi connectivity index (χ3v) is 4.91. The molecule has 7 heteroatoms. The zero-order valence-corrected chi connectivity index (χ0v) is 20.9. The summed E-state index contributed by atoms with van der Waals surface area (Å²) in [6, 6.07) is 1.75. The molecule has 0 aromatic carbocycles. The van der Waals surface area contributed by atoms with Gasteiger partial charge in [-0.3, -0.25) is 9.11 Å². The van der Waals surface area contributed by atoms with Crippen molar-refractivity contribution in [3.05, 3.63) is 0 Å². The zero-order valence-electron chi connectivity index (χ0n) is 18.1. The summed E-state index contributed by atoms with van der Waals surface area (Å²) in [7, 11) is -4.67. The minimum atomic E-state index is -4.67. The number of hydrogen-bond acceptors (Lipinski definition) is 3. The Hall–Kier alpha value is 0.360. The van der Waals surface area contributed by atoms with Gasteiger partial charge in [0.05, 0.1) is 6.07 Å². The Morgan fingerprint density at radius 2 is 0.889 bits per heavy atom. The Bertz CT molecular complexity index is 373. The molecule has 0 saturated heterocycles. The fraction of sp³-hybridized carbons (Fsp3) is 0.950. The largest absolute Gasteiger partial charge is 0.394 e. The van der Waals surface area contributed by atoms with Crippen molar-refractivity contribution < 1.29 is 17.5 Å². The molecule has 0 aliphatic heterocycles. The fourth-order valence-corrected chi connectivity index (χ4v) is 3.30. The molecule has 0 spiro atoms. The summed E-state index contributed by atoms with van der Waals surface area (Å²) in [6.45, 7) is 3.73. The van der Waals surface area contributed by atoms with Gasteiger partial charge in [-0.05, 0) is 0 Å². The Labute approximate surface area is 186 Å². The first-order valence-corrected chi connectivity index (χ1v) is 13.6. The van der Waals surface area contributed by atoms with E-state index >= 15 is 0 Å². The van der Waals surface area contributed by atoms with Crippen LogP contribution in [0.5, 0.6) is 0 Å².